The molecule has 0 spiro atoms. The monoisotopic (exact) mass is 320 g/mol. The zero-order chi connectivity index (χ0) is 16.1. The van der Waals surface area contributed by atoms with Gasteiger partial charge in [-0.15, -0.1) is 0 Å². The van der Waals surface area contributed by atoms with Gasteiger partial charge in [0.1, 0.15) is 0 Å². The van der Waals surface area contributed by atoms with Crippen LogP contribution in [-0.2, 0) is 16.2 Å². The molecule has 1 aromatic carbocycles. The predicted octanol–water partition coefficient (Wildman–Crippen LogP) is 2.41. The first kappa shape index (κ1) is 16.0. The van der Waals surface area contributed by atoms with E-state index in [1.54, 1.807) is 16.8 Å². The standard InChI is InChI=1S/C15H17ClN4O2/c1-10-14(16)11(2)20(18-10)9-8-13(21)22-19-15(17)12-6-4-3-5-7-12/h3-7H,8-9H2,1-2H3,(H2,17,19). The molecule has 7 heteroatoms. The highest BCUT2D eigenvalue weighted by Gasteiger charge is 2.11. The molecule has 0 amide bonds. The van der Waals surface area contributed by atoms with Crippen molar-refractivity contribution in [2.75, 3.05) is 0 Å². The topological polar surface area (TPSA) is 82.5 Å². The van der Waals surface area contributed by atoms with Gasteiger partial charge in [0.2, 0.25) is 0 Å². The molecule has 116 valence electrons. The summed E-state index contributed by atoms with van der Waals surface area (Å²) in [7, 11) is 0. The Morgan fingerprint density at radius 1 is 1.36 bits per heavy atom. The number of nitrogens with zero attached hydrogens (tertiary/aromatic N) is 3. The summed E-state index contributed by atoms with van der Waals surface area (Å²) in [5.74, 6) is -0.328. The van der Waals surface area contributed by atoms with Crippen LogP contribution in [0, 0.1) is 13.8 Å². The third-order valence-electron chi connectivity index (χ3n) is 3.14. The third-order valence-corrected chi connectivity index (χ3v) is 3.68. The summed E-state index contributed by atoms with van der Waals surface area (Å²) < 4.78 is 1.67. The summed E-state index contributed by atoms with van der Waals surface area (Å²) in [4.78, 5) is 16.5. The first-order valence-electron chi connectivity index (χ1n) is 6.77. The molecule has 0 aliphatic heterocycles. The van der Waals surface area contributed by atoms with Gasteiger partial charge in [-0.2, -0.15) is 5.10 Å². The largest absolute Gasteiger partial charge is 0.380 e. The van der Waals surface area contributed by atoms with E-state index in [9.17, 15) is 4.79 Å². The third kappa shape index (κ3) is 3.85. The van der Waals surface area contributed by atoms with Crippen molar-refractivity contribution in [3.8, 4) is 0 Å². The van der Waals surface area contributed by atoms with Gasteiger partial charge in [0.05, 0.1) is 29.4 Å². The number of hydrogen-bond donors (Lipinski definition) is 1. The van der Waals surface area contributed by atoms with E-state index in [0.29, 0.717) is 17.1 Å². The smallest absolute Gasteiger partial charge is 0.336 e. The van der Waals surface area contributed by atoms with E-state index in [-0.39, 0.29) is 12.3 Å². The maximum absolute atomic E-state index is 11.7. The molecule has 0 aliphatic rings. The van der Waals surface area contributed by atoms with Crippen LogP contribution in [0.4, 0.5) is 0 Å². The minimum atomic E-state index is -0.484. The zero-order valence-electron chi connectivity index (χ0n) is 12.4. The normalized spacial score (nSPS) is 11.5. The fourth-order valence-corrected chi connectivity index (χ4v) is 2.03. The molecular weight excluding hydrogens is 304 g/mol. The Balaban J connectivity index is 1.89. The number of amidine groups is 1. The average molecular weight is 321 g/mol. The van der Waals surface area contributed by atoms with Crippen LogP contribution in [0.2, 0.25) is 5.02 Å². The van der Waals surface area contributed by atoms with E-state index < -0.39 is 5.97 Å². The summed E-state index contributed by atoms with van der Waals surface area (Å²) in [5.41, 5.74) is 7.98. The van der Waals surface area contributed by atoms with Crippen molar-refractivity contribution in [1.29, 1.82) is 0 Å². The highest BCUT2D eigenvalue weighted by atomic mass is 35.5. The number of halogens is 1. The molecule has 1 heterocycles. The number of aryl methyl sites for hydroxylation is 2. The molecule has 0 fully saturated rings. The van der Waals surface area contributed by atoms with Crippen LogP contribution < -0.4 is 5.73 Å². The van der Waals surface area contributed by atoms with E-state index >= 15 is 0 Å². The Morgan fingerprint density at radius 2 is 2.05 bits per heavy atom. The molecule has 0 radical (unpaired) electrons. The number of rotatable bonds is 5. The van der Waals surface area contributed by atoms with Crippen LogP contribution in [0.25, 0.3) is 0 Å². The number of hydrogen-bond acceptors (Lipinski definition) is 4. The highest BCUT2D eigenvalue weighted by molar-refractivity contribution is 6.31. The van der Waals surface area contributed by atoms with Crippen LogP contribution in [-0.4, -0.2) is 21.6 Å². The Morgan fingerprint density at radius 3 is 2.64 bits per heavy atom. The first-order valence-corrected chi connectivity index (χ1v) is 7.15. The molecule has 22 heavy (non-hydrogen) atoms. The number of carbonyl (C=O) groups is 1. The summed E-state index contributed by atoms with van der Waals surface area (Å²) in [6, 6.07) is 9.08. The lowest BCUT2D eigenvalue weighted by atomic mass is 10.2. The lowest BCUT2D eigenvalue weighted by Crippen LogP contribution is -2.16. The van der Waals surface area contributed by atoms with Gasteiger partial charge >= 0.3 is 5.97 Å². The Hall–Kier alpha value is -2.34. The van der Waals surface area contributed by atoms with E-state index in [1.165, 1.54) is 0 Å². The zero-order valence-corrected chi connectivity index (χ0v) is 13.2. The average Bonchev–Trinajstić information content (AvgIpc) is 2.78. The molecular formula is C15H17ClN4O2. The number of aromatic nitrogens is 2. The van der Waals surface area contributed by atoms with Crippen LogP contribution in [0.15, 0.2) is 35.5 Å². The minimum absolute atomic E-state index is 0.129. The molecule has 6 nitrogen and oxygen atoms in total. The Labute approximate surface area is 133 Å². The molecule has 2 N–H and O–H groups in total. The van der Waals surface area contributed by atoms with E-state index in [0.717, 1.165) is 11.4 Å². The summed E-state index contributed by atoms with van der Waals surface area (Å²) >= 11 is 6.05. The quantitative estimate of drug-likeness (QED) is 0.397. The number of oxime groups is 1. The van der Waals surface area contributed by atoms with Crippen LogP contribution in [0.3, 0.4) is 0 Å². The molecule has 2 rings (SSSR count). The fraction of sp³-hybridized carbons (Fsp3) is 0.267. The van der Waals surface area contributed by atoms with Crippen molar-refractivity contribution >= 4 is 23.4 Å². The maximum Gasteiger partial charge on any atom is 0.336 e. The van der Waals surface area contributed by atoms with Gasteiger partial charge in [0.25, 0.3) is 0 Å². The highest BCUT2D eigenvalue weighted by Crippen LogP contribution is 2.19. The molecule has 2 aromatic rings. The maximum atomic E-state index is 11.7. The van der Waals surface area contributed by atoms with Gasteiger partial charge in [-0.25, -0.2) is 4.79 Å². The number of nitrogens with two attached hydrogens (primary N) is 1. The predicted molar refractivity (Wildman–Crippen MR) is 84.6 cm³/mol. The van der Waals surface area contributed by atoms with Gasteiger partial charge < -0.3 is 10.6 Å². The van der Waals surface area contributed by atoms with Gasteiger partial charge in [0, 0.05) is 5.56 Å². The van der Waals surface area contributed by atoms with Crippen molar-refractivity contribution < 1.29 is 9.63 Å². The summed E-state index contributed by atoms with van der Waals surface area (Å²) in [6.07, 6.45) is 0.129. The lowest BCUT2D eigenvalue weighted by molar-refractivity contribution is -0.144. The van der Waals surface area contributed by atoms with Crippen molar-refractivity contribution in [3.05, 3.63) is 52.3 Å². The lowest BCUT2D eigenvalue weighted by Gasteiger charge is -2.03. The Kier molecular flexibility index (Phi) is 5.16. The molecule has 0 atom stereocenters. The molecule has 0 saturated heterocycles. The van der Waals surface area contributed by atoms with Gasteiger partial charge in [-0.05, 0) is 13.8 Å². The second-order valence-corrected chi connectivity index (χ2v) is 5.14. The SMILES string of the molecule is Cc1nn(CCC(=O)O/N=C(\N)c2ccccc2)c(C)c1Cl. The van der Waals surface area contributed by atoms with Crippen LogP contribution >= 0.6 is 11.6 Å². The first-order chi connectivity index (χ1) is 10.5. The van der Waals surface area contributed by atoms with Crippen molar-refractivity contribution in [1.82, 2.24) is 9.78 Å². The summed E-state index contributed by atoms with van der Waals surface area (Å²) in [5, 5.41) is 8.49. The van der Waals surface area contributed by atoms with Gasteiger partial charge in [-0.3, -0.25) is 4.68 Å². The minimum Gasteiger partial charge on any atom is -0.380 e. The van der Waals surface area contributed by atoms with Crippen molar-refractivity contribution in [2.24, 2.45) is 10.9 Å². The summed E-state index contributed by atoms with van der Waals surface area (Å²) in [6.45, 7) is 4.03. The van der Waals surface area contributed by atoms with Crippen molar-refractivity contribution in [2.45, 2.75) is 26.8 Å². The molecule has 0 unspecified atom stereocenters. The van der Waals surface area contributed by atoms with Gasteiger partial charge in [-0.1, -0.05) is 47.1 Å². The number of carbonyl (C=O) groups excluding carboxylic acids is 1. The fourth-order valence-electron chi connectivity index (χ4n) is 1.90. The molecule has 0 bridgehead atoms. The van der Waals surface area contributed by atoms with E-state index in [2.05, 4.69) is 10.3 Å². The number of benzene rings is 1. The van der Waals surface area contributed by atoms with Crippen molar-refractivity contribution in [3.63, 3.8) is 0 Å². The van der Waals surface area contributed by atoms with Gasteiger partial charge in [0.15, 0.2) is 5.84 Å². The Bertz CT molecular complexity index is 695. The van der Waals surface area contributed by atoms with Crippen LogP contribution in [0.5, 0.6) is 0 Å². The second-order valence-electron chi connectivity index (χ2n) is 4.76. The van der Waals surface area contributed by atoms with Crippen LogP contribution in [0.1, 0.15) is 23.4 Å². The van der Waals surface area contributed by atoms with E-state index in [1.807, 2.05) is 32.0 Å². The molecule has 1 aromatic heterocycles. The van der Waals surface area contributed by atoms with E-state index in [4.69, 9.17) is 22.2 Å². The second kappa shape index (κ2) is 7.09. The molecule has 0 aliphatic carbocycles. The molecule has 0 saturated carbocycles.